The van der Waals surface area contributed by atoms with Crippen molar-refractivity contribution in [2.75, 3.05) is 38.2 Å². The number of ether oxygens (including phenoxy) is 2. The zero-order chi connectivity index (χ0) is 24.1. The topological polar surface area (TPSA) is 141 Å². The Morgan fingerprint density at radius 2 is 1.82 bits per heavy atom. The third-order valence-corrected chi connectivity index (χ3v) is 6.69. The van der Waals surface area contributed by atoms with Crippen LogP contribution in [0.4, 0.5) is 10.4 Å². The van der Waals surface area contributed by atoms with Crippen molar-refractivity contribution >= 4 is 27.9 Å². The standard InChI is InChI=1S/C21H19FN4O7S/c22-16-7-6-15(12-17(16)34(29,30)26-8-10-31-11-9-26)20(28)32-13-18(27)23-21-25-24-19(33-21)14-4-2-1-3-5-14/h1-7,12H,8-11,13H2,(H,23,25,27). The van der Waals surface area contributed by atoms with E-state index in [1.165, 1.54) is 0 Å². The lowest BCUT2D eigenvalue weighted by Gasteiger charge is -2.26. The van der Waals surface area contributed by atoms with Gasteiger partial charge in [-0.15, -0.1) is 5.10 Å². The Labute approximate surface area is 193 Å². The predicted molar refractivity (Wildman–Crippen MR) is 115 cm³/mol. The minimum Gasteiger partial charge on any atom is -0.452 e. The number of nitrogens with one attached hydrogen (secondary N) is 1. The maximum Gasteiger partial charge on any atom is 0.338 e. The van der Waals surface area contributed by atoms with Gasteiger partial charge in [-0.2, -0.15) is 4.31 Å². The molecule has 0 spiro atoms. The Morgan fingerprint density at radius 3 is 2.56 bits per heavy atom. The molecule has 0 atom stereocenters. The number of nitrogens with zero attached hydrogens (tertiary/aromatic N) is 3. The average molecular weight is 490 g/mol. The predicted octanol–water partition coefficient (Wildman–Crippen LogP) is 1.69. The highest BCUT2D eigenvalue weighted by atomic mass is 32.2. The molecule has 34 heavy (non-hydrogen) atoms. The van der Waals surface area contributed by atoms with Crippen molar-refractivity contribution < 1.29 is 36.3 Å². The number of sulfonamides is 1. The van der Waals surface area contributed by atoms with E-state index < -0.39 is 39.2 Å². The second-order valence-corrected chi connectivity index (χ2v) is 8.97. The van der Waals surface area contributed by atoms with Gasteiger partial charge in [0.05, 0.1) is 18.8 Å². The number of carbonyl (C=O) groups excluding carboxylic acids is 2. The van der Waals surface area contributed by atoms with Crippen LogP contribution in [0.3, 0.4) is 0 Å². The molecule has 1 fully saturated rings. The number of anilines is 1. The molecule has 1 aromatic heterocycles. The van der Waals surface area contributed by atoms with E-state index in [4.69, 9.17) is 13.9 Å². The van der Waals surface area contributed by atoms with E-state index in [9.17, 15) is 22.4 Å². The number of hydrogen-bond acceptors (Lipinski definition) is 9. The molecule has 2 aromatic carbocycles. The van der Waals surface area contributed by atoms with Crippen LogP contribution in [0.1, 0.15) is 10.4 Å². The molecule has 0 saturated carbocycles. The second kappa shape index (κ2) is 10.1. The Bertz CT molecular complexity index is 1290. The summed E-state index contributed by atoms with van der Waals surface area (Å²) in [4.78, 5) is 23.8. The summed E-state index contributed by atoms with van der Waals surface area (Å²) in [6.07, 6.45) is 0. The third-order valence-electron chi connectivity index (χ3n) is 4.78. The number of hydrogen-bond donors (Lipinski definition) is 1. The van der Waals surface area contributed by atoms with Crippen molar-refractivity contribution in [2.24, 2.45) is 0 Å². The van der Waals surface area contributed by atoms with Crippen LogP contribution in [0.25, 0.3) is 11.5 Å². The number of rotatable bonds is 7. The molecule has 178 valence electrons. The minimum absolute atomic E-state index is 0.0677. The first-order chi connectivity index (χ1) is 16.3. The van der Waals surface area contributed by atoms with E-state index in [2.05, 4.69) is 15.5 Å². The Kier molecular flexibility index (Phi) is 6.95. The van der Waals surface area contributed by atoms with Crippen molar-refractivity contribution in [3.8, 4) is 11.5 Å². The fourth-order valence-corrected chi connectivity index (χ4v) is 4.59. The normalized spacial score (nSPS) is 14.5. The number of amides is 1. The van der Waals surface area contributed by atoms with Crippen molar-refractivity contribution in [1.29, 1.82) is 0 Å². The van der Waals surface area contributed by atoms with E-state index in [1.807, 2.05) is 6.07 Å². The van der Waals surface area contributed by atoms with Gasteiger partial charge in [-0.25, -0.2) is 17.6 Å². The van der Waals surface area contributed by atoms with E-state index in [-0.39, 0.29) is 43.8 Å². The molecule has 1 aliphatic heterocycles. The summed E-state index contributed by atoms with van der Waals surface area (Å²) in [6, 6.07) is 11.5. The van der Waals surface area contributed by atoms with Crippen molar-refractivity contribution in [3.05, 3.63) is 59.9 Å². The van der Waals surface area contributed by atoms with Gasteiger partial charge in [0, 0.05) is 18.7 Å². The van der Waals surface area contributed by atoms with Gasteiger partial charge >= 0.3 is 12.0 Å². The molecular formula is C21H19FN4O7S. The lowest BCUT2D eigenvalue weighted by atomic mass is 10.2. The molecule has 0 bridgehead atoms. The molecule has 3 aromatic rings. The largest absolute Gasteiger partial charge is 0.452 e. The zero-order valence-corrected chi connectivity index (χ0v) is 18.5. The van der Waals surface area contributed by atoms with Crippen molar-refractivity contribution in [2.45, 2.75) is 4.90 Å². The van der Waals surface area contributed by atoms with Crippen LogP contribution in [-0.2, 0) is 24.3 Å². The maximum absolute atomic E-state index is 14.3. The number of carbonyl (C=O) groups is 2. The van der Waals surface area contributed by atoms with Crippen LogP contribution in [-0.4, -0.2) is 67.7 Å². The first kappa shape index (κ1) is 23.5. The summed E-state index contributed by atoms with van der Waals surface area (Å²) in [6.45, 7) is -0.212. The summed E-state index contributed by atoms with van der Waals surface area (Å²) in [5.74, 6) is -2.59. The molecular weight excluding hydrogens is 471 g/mol. The molecule has 0 unspecified atom stereocenters. The zero-order valence-electron chi connectivity index (χ0n) is 17.6. The maximum atomic E-state index is 14.3. The average Bonchev–Trinajstić information content (AvgIpc) is 3.32. The van der Waals surface area contributed by atoms with Gasteiger partial charge in [0.15, 0.2) is 6.61 Å². The van der Waals surface area contributed by atoms with Gasteiger partial charge < -0.3 is 13.9 Å². The van der Waals surface area contributed by atoms with Crippen LogP contribution in [0, 0.1) is 5.82 Å². The van der Waals surface area contributed by atoms with E-state index in [1.54, 1.807) is 24.3 Å². The number of morpholine rings is 1. The molecule has 1 aliphatic rings. The Hall–Kier alpha value is -3.68. The molecule has 4 rings (SSSR count). The molecule has 0 aliphatic carbocycles. The third kappa shape index (κ3) is 5.27. The van der Waals surface area contributed by atoms with Crippen LogP contribution in [0.5, 0.6) is 0 Å². The number of halogens is 1. The summed E-state index contributed by atoms with van der Waals surface area (Å²) in [7, 11) is -4.18. The van der Waals surface area contributed by atoms with E-state index >= 15 is 0 Å². The van der Waals surface area contributed by atoms with Gasteiger partial charge in [-0.3, -0.25) is 10.1 Å². The summed E-state index contributed by atoms with van der Waals surface area (Å²) in [5, 5.41) is 9.81. The van der Waals surface area contributed by atoms with E-state index in [0.717, 1.165) is 22.5 Å². The van der Waals surface area contributed by atoms with Gasteiger partial charge in [0.2, 0.25) is 15.9 Å². The minimum atomic E-state index is -4.18. The summed E-state index contributed by atoms with van der Waals surface area (Å²) in [5.41, 5.74) is 0.422. The Morgan fingerprint density at radius 1 is 1.09 bits per heavy atom. The molecule has 13 heteroatoms. The molecule has 1 saturated heterocycles. The first-order valence-corrected chi connectivity index (χ1v) is 11.5. The fraction of sp³-hybridized carbons (Fsp3) is 0.238. The molecule has 0 radical (unpaired) electrons. The van der Waals surface area contributed by atoms with Crippen LogP contribution in [0.15, 0.2) is 57.8 Å². The smallest absolute Gasteiger partial charge is 0.338 e. The van der Waals surface area contributed by atoms with Crippen molar-refractivity contribution in [1.82, 2.24) is 14.5 Å². The molecule has 2 heterocycles. The monoisotopic (exact) mass is 490 g/mol. The first-order valence-electron chi connectivity index (χ1n) is 10.1. The number of aromatic nitrogens is 2. The summed E-state index contributed by atoms with van der Waals surface area (Å²) < 4.78 is 56.2. The molecule has 11 nitrogen and oxygen atoms in total. The van der Waals surface area contributed by atoms with Crippen molar-refractivity contribution in [3.63, 3.8) is 0 Å². The number of esters is 1. The fourth-order valence-electron chi connectivity index (χ4n) is 3.09. The number of benzene rings is 2. The second-order valence-electron chi connectivity index (χ2n) is 7.06. The van der Waals surface area contributed by atoms with Crippen LogP contribution >= 0.6 is 0 Å². The molecule has 1 amide bonds. The van der Waals surface area contributed by atoms with Gasteiger partial charge in [-0.1, -0.05) is 23.3 Å². The van der Waals surface area contributed by atoms with Gasteiger partial charge in [0.25, 0.3) is 5.91 Å². The highest BCUT2D eigenvalue weighted by Crippen LogP contribution is 2.22. The SMILES string of the molecule is O=C(COC(=O)c1ccc(F)c(S(=O)(=O)N2CCOCC2)c1)Nc1nnc(-c2ccccc2)o1. The van der Waals surface area contributed by atoms with Crippen LogP contribution < -0.4 is 5.32 Å². The van der Waals surface area contributed by atoms with Gasteiger partial charge in [-0.05, 0) is 30.3 Å². The highest BCUT2D eigenvalue weighted by molar-refractivity contribution is 7.89. The lowest BCUT2D eigenvalue weighted by Crippen LogP contribution is -2.41. The van der Waals surface area contributed by atoms with E-state index in [0.29, 0.717) is 5.56 Å². The Balaban J connectivity index is 1.38. The lowest BCUT2D eigenvalue weighted by molar-refractivity contribution is -0.119. The highest BCUT2D eigenvalue weighted by Gasteiger charge is 2.30. The van der Waals surface area contributed by atoms with Crippen LogP contribution in [0.2, 0.25) is 0 Å². The quantitative estimate of drug-likeness (QED) is 0.490. The van der Waals surface area contributed by atoms with Gasteiger partial charge in [0.1, 0.15) is 10.7 Å². The molecule has 1 N–H and O–H groups in total. The summed E-state index contributed by atoms with van der Waals surface area (Å²) >= 11 is 0.